The molecule has 1 unspecified atom stereocenters. The maximum Gasteiger partial charge on any atom is 0.0776 e. The Morgan fingerprint density at radius 3 is 2.65 bits per heavy atom. The Kier molecular flexibility index (Phi) is 7.30. The average Bonchev–Trinajstić information content (AvgIpc) is 2.36. The van der Waals surface area contributed by atoms with Crippen LogP contribution in [0.4, 0.5) is 0 Å². The summed E-state index contributed by atoms with van der Waals surface area (Å²) in [6.45, 7) is 0.937. The highest BCUT2D eigenvalue weighted by Gasteiger charge is 2.02. The van der Waals surface area contributed by atoms with Gasteiger partial charge in [0.2, 0.25) is 0 Å². The summed E-state index contributed by atoms with van der Waals surface area (Å²) in [7, 11) is 0. The molecule has 0 aliphatic heterocycles. The summed E-state index contributed by atoms with van der Waals surface area (Å²) in [5.41, 5.74) is 1.11. The number of benzene rings is 1. The highest BCUT2D eigenvalue weighted by atomic mass is 16.5. The smallest absolute Gasteiger partial charge is 0.0776 e. The quantitative estimate of drug-likeness (QED) is 0.678. The molecule has 17 heavy (non-hydrogen) atoms. The maximum absolute atomic E-state index is 9.61. The molecule has 0 heterocycles. The van der Waals surface area contributed by atoms with Gasteiger partial charge in [0.25, 0.3) is 0 Å². The zero-order valence-corrected chi connectivity index (χ0v) is 9.96. The lowest BCUT2D eigenvalue weighted by molar-refractivity contribution is 0.0250. The van der Waals surface area contributed by atoms with E-state index in [-0.39, 0.29) is 6.61 Å². The van der Waals surface area contributed by atoms with Gasteiger partial charge in [-0.3, -0.25) is 0 Å². The molecule has 2 N–H and O–H groups in total. The van der Waals surface area contributed by atoms with Crippen LogP contribution in [-0.2, 0) is 11.3 Å². The van der Waals surface area contributed by atoms with Crippen molar-refractivity contribution in [1.82, 2.24) is 0 Å². The Morgan fingerprint density at radius 1 is 1.18 bits per heavy atom. The zero-order valence-electron chi connectivity index (χ0n) is 9.96. The third-order valence-corrected chi connectivity index (χ3v) is 2.36. The molecule has 0 aliphatic carbocycles. The van der Waals surface area contributed by atoms with E-state index in [1.807, 2.05) is 36.4 Å². The predicted octanol–water partition coefficient (Wildman–Crippen LogP) is 1.89. The minimum Gasteiger partial charge on any atom is -0.392 e. The average molecular weight is 236 g/mol. The summed E-state index contributed by atoms with van der Waals surface area (Å²) in [5, 5.41) is 18.1. The van der Waals surface area contributed by atoms with Crippen LogP contribution < -0.4 is 0 Å². The van der Waals surface area contributed by atoms with Crippen molar-refractivity contribution in [3.8, 4) is 0 Å². The first-order valence-corrected chi connectivity index (χ1v) is 5.88. The SMILES string of the molecule is OC/C=C\CCC(O)COCc1ccccc1. The van der Waals surface area contributed by atoms with Crippen molar-refractivity contribution < 1.29 is 14.9 Å². The van der Waals surface area contributed by atoms with Crippen LogP contribution in [0.1, 0.15) is 18.4 Å². The van der Waals surface area contributed by atoms with Gasteiger partial charge in [0.15, 0.2) is 0 Å². The molecule has 1 aromatic carbocycles. The summed E-state index contributed by atoms with van der Waals surface area (Å²) < 4.78 is 5.42. The molecule has 3 nitrogen and oxygen atoms in total. The van der Waals surface area contributed by atoms with Gasteiger partial charge in [-0.25, -0.2) is 0 Å². The Labute approximate surface area is 102 Å². The molecular formula is C14H20O3. The third-order valence-electron chi connectivity index (χ3n) is 2.36. The van der Waals surface area contributed by atoms with Gasteiger partial charge in [-0.1, -0.05) is 42.5 Å². The van der Waals surface area contributed by atoms with E-state index in [1.165, 1.54) is 0 Å². The molecule has 0 aromatic heterocycles. The monoisotopic (exact) mass is 236 g/mol. The maximum atomic E-state index is 9.61. The fraction of sp³-hybridized carbons (Fsp3) is 0.429. The van der Waals surface area contributed by atoms with Crippen molar-refractivity contribution in [2.45, 2.75) is 25.6 Å². The van der Waals surface area contributed by atoms with E-state index in [0.29, 0.717) is 19.6 Å². The first kappa shape index (κ1) is 13.9. The topological polar surface area (TPSA) is 49.7 Å². The zero-order chi connectivity index (χ0) is 12.3. The predicted molar refractivity (Wildman–Crippen MR) is 67.6 cm³/mol. The summed E-state index contributed by atoms with van der Waals surface area (Å²) in [4.78, 5) is 0. The summed E-state index contributed by atoms with van der Waals surface area (Å²) in [6, 6.07) is 9.89. The molecule has 3 heteroatoms. The largest absolute Gasteiger partial charge is 0.392 e. The molecule has 1 atom stereocenters. The van der Waals surface area contributed by atoms with Crippen LogP contribution >= 0.6 is 0 Å². The Hall–Kier alpha value is -1.16. The highest BCUT2D eigenvalue weighted by molar-refractivity contribution is 5.13. The molecule has 0 aliphatic rings. The second kappa shape index (κ2) is 8.93. The van der Waals surface area contributed by atoms with Crippen molar-refractivity contribution in [2.75, 3.05) is 13.2 Å². The van der Waals surface area contributed by atoms with E-state index in [4.69, 9.17) is 9.84 Å². The molecule has 0 fully saturated rings. The third kappa shape index (κ3) is 6.89. The molecule has 0 spiro atoms. The Bertz CT molecular complexity index is 309. The van der Waals surface area contributed by atoms with Crippen molar-refractivity contribution in [2.24, 2.45) is 0 Å². The van der Waals surface area contributed by atoms with Crippen molar-refractivity contribution in [3.63, 3.8) is 0 Å². The summed E-state index contributed by atoms with van der Waals surface area (Å²) in [5.74, 6) is 0. The second-order valence-electron chi connectivity index (χ2n) is 3.89. The number of hydrogen-bond donors (Lipinski definition) is 2. The van der Waals surface area contributed by atoms with Crippen molar-refractivity contribution in [1.29, 1.82) is 0 Å². The second-order valence-corrected chi connectivity index (χ2v) is 3.89. The molecule has 1 rings (SSSR count). The number of allylic oxidation sites excluding steroid dienone is 1. The van der Waals surface area contributed by atoms with Crippen LogP contribution in [0.5, 0.6) is 0 Å². The molecule has 0 amide bonds. The van der Waals surface area contributed by atoms with Gasteiger partial charge in [-0.05, 0) is 18.4 Å². The fourth-order valence-electron chi connectivity index (χ4n) is 1.45. The van der Waals surface area contributed by atoms with Crippen LogP contribution in [0.2, 0.25) is 0 Å². The van der Waals surface area contributed by atoms with Gasteiger partial charge < -0.3 is 14.9 Å². The van der Waals surface area contributed by atoms with Crippen molar-refractivity contribution in [3.05, 3.63) is 48.0 Å². The number of aliphatic hydroxyl groups is 2. The summed E-state index contributed by atoms with van der Waals surface area (Å²) in [6.07, 6.45) is 4.52. The minimum absolute atomic E-state index is 0.0562. The highest BCUT2D eigenvalue weighted by Crippen LogP contribution is 2.03. The molecular weight excluding hydrogens is 216 g/mol. The van der Waals surface area contributed by atoms with E-state index < -0.39 is 6.10 Å². The Morgan fingerprint density at radius 2 is 1.94 bits per heavy atom. The molecule has 0 bridgehead atoms. The molecule has 94 valence electrons. The van der Waals surface area contributed by atoms with Gasteiger partial charge in [-0.15, -0.1) is 0 Å². The lowest BCUT2D eigenvalue weighted by Gasteiger charge is -2.10. The van der Waals surface area contributed by atoms with Crippen LogP contribution in [0.3, 0.4) is 0 Å². The molecule has 0 saturated heterocycles. The van der Waals surface area contributed by atoms with E-state index >= 15 is 0 Å². The number of hydrogen-bond acceptors (Lipinski definition) is 3. The fourth-order valence-corrected chi connectivity index (χ4v) is 1.45. The van der Waals surface area contributed by atoms with Gasteiger partial charge in [0.1, 0.15) is 0 Å². The number of ether oxygens (including phenoxy) is 1. The lowest BCUT2D eigenvalue weighted by atomic mass is 10.2. The van der Waals surface area contributed by atoms with Crippen LogP contribution in [0.25, 0.3) is 0 Å². The van der Waals surface area contributed by atoms with Gasteiger partial charge in [0, 0.05) is 0 Å². The van der Waals surface area contributed by atoms with E-state index in [0.717, 1.165) is 12.0 Å². The minimum atomic E-state index is -0.443. The van der Waals surface area contributed by atoms with E-state index in [9.17, 15) is 5.11 Å². The van der Waals surface area contributed by atoms with Crippen LogP contribution in [-0.4, -0.2) is 29.5 Å². The molecule has 0 saturated carbocycles. The number of aliphatic hydroxyl groups excluding tert-OH is 2. The van der Waals surface area contributed by atoms with E-state index in [1.54, 1.807) is 6.08 Å². The molecule has 1 aromatic rings. The molecule has 0 radical (unpaired) electrons. The van der Waals surface area contributed by atoms with Gasteiger partial charge in [0.05, 0.1) is 25.9 Å². The summed E-state index contributed by atoms with van der Waals surface area (Å²) >= 11 is 0. The van der Waals surface area contributed by atoms with Crippen molar-refractivity contribution >= 4 is 0 Å². The van der Waals surface area contributed by atoms with Gasteiger partial charge in [-0.2, -0.15) is 0 Å². The Balaban J connectivity index is 2.08. The van der Waals surface area contributed by atoms with Crippen LogP contribution in [0.15, 0.2) is 42.5 Å². The first-order valence-electron chi connectivity index (χ1n) is 5.88. The lowest BCUT2D eigenvalue weighted by Crippen LogP contribution is -2.14. The number of rotatable bonds is 8. The standard InChI is InChI=1S/C14H20O3/c15-10-6-2-5-9-14(16)12-17-11-13-7-3-1-4-8-13/h1-4,6-8,14-16H,5,9-12H2/b6-2-. The van der Waals surface area contributed by atoms with Gasteiger partial charge >= 0.3 is 0 Å². The first-order chi connectivity index (χ1) is 8.33. The normalized spacial score (nSPS) is 13.1. The van der Waals surface area contributed by atoms with Crippen LogP contribution in [0, 0.1) is 0 Å². The van der Waals surface area contributed by atoms with E-state index in [2.05, 4.69) is 0 Å².